The lowest BCUT2D eigenvalue weighted by Crippen LogP contribution is -2.16. The molecular formula is C8H10N2S. The monoisotopic (exact) mass is 166 g/mol. The van der Waals surface area contributed by atoms with E-state index in [-0.39, 0.29) is 6.04 Å². The van der Waals surface area contributed by atoms with Gasteiger partial charge in [-0.25, -0.2) is 0 Å². The molecule has 1 atom stereocenters. The van der Waals surface area contributed by atoms with Crippen molar-refractivity contribution in [1.29, 1.82) is 5.26 Å². The molecule has 0 aliphatic heterocycles. The predicted octanol–water partition coefficient (Wildman–Crippen LogP) is 1.87. The first-order chi connectivity index (χ1) is 5.25. The molecular weight excluding hydrogens is 156 g/mol. The normalized spacial score (nSPS) is 12.9. The van der Waals surface area contributed by atoms with Gasteiger partial charge in [-0.3, -0.25) is 4.90 Å². The van der Waals surface area contributed by atoms with Gasteiger partial charge in [-0.05, 0) is 25.5 Å². The second-order valence-electron chi connectivity index (χ2n) is 2.51. The van der Waals surface area contributed by atoms with Crippen molar-refractivity contribution in [3.63, 3.8) is 0 Å². The Morgan fingerprint density at radius 3 is 2.73 bits per heavy atom. The molecule has 1 heterocycles. The van der Waals surface area contributed by atoms with E-state index < -0.39 is 0 Å². The molecule has 1 rings (SSSR count). The van der Waals surface area contributed by atoms with E-state index in [1.807, 2.05) is 36.5 Å². The van der Waals surface area contributed by atoms with Gasteiger partial charge in [0.2, 0.25) is 0 Å². The van der Waals surface area contributed by atoms with Crippen LogP contribution in [0.5, 0.6) is 0 Å². The summed E-state index contributed by atoms with van der Waals surface area (Å²) in [5, 5.41) is 10.8. The van der Waals surface area contributed by atoms with Crippen LogP contribution in [0.2, 0.25) is 0 Å². The van der Waals surface area contributed by atoms with Gasteiger partial charge >= 0.3 is 0 Å². The van der Waals surface area contributed by atoms with Gasteiger partial charge in [0.1, 0.15) is 6.04 Å². The molecule has 2 nitrogen and oxygen atoms in total. The van der Waals surface area contributed by atoms with E-state index in [0.717, 1.165) is 4.88 Å². The number of hydrogen-bond donors (Lipinski definition) is 0. The second kappa shape index (κ2) is 3.51. The third-order valence-corrected chi connectivity index (χ3v) is 2.38. The highest BCUT2D eigenvalue weighted by Crippen LogP contribution is 2.21. The third-order valence-electron chi connectivity index (χ3n) is 1.45. The van der Waals surface area contributed by atoms with E-state index in [1.165, 1.54) is 0 Å². The molecule has 1 aromatic rings. The third kappa shape index (κ3) is 1.79. The molecule has 0 aliphatic carbocycles. The minimum absolute atomic E-state index is 0.0880. The van der Waals surface area contributed by atoms with Gasteiger partial charge in [-0.1, -0.05) is 6.07 Å². The standard InChI is InChI=1S/C8H10N2S/c1-10(2)7(6-9)8-4-3-5-11-8/h3-5,7H,1-2H3/t7-/m0/s1. The summed E-state index contributed by atoms with van der Waals surface area (Å²) in [7, 11) is 3.82. The van der Waals surface area contributed by atoms with Crippen molar-refractivity contribution >= 4 is 11.3 Å². The zero-order chi connectivity index (χ0) is 8.27. The molecule has 0 bridgehead atoms. The maximum absolute atomic E-state index is 8.78. The Kier molecular flexibility index (Phi) is 2.64. The molecule has 0 saturated heterocycles. The average Bonchev–Trinajstić information content (AvgIpc) is 2.40. The van der Waals surface area contributed by atoms with Crippen molar-refractivity contribution in [3.05, 3.63) is 22.4 Å². The topological polar surface area (TPSA) is 27.0 Å². The van der Waals surface area contributed by atoms with Crippen molar-refractivity contribution in [1.82, 2.24) is 4.90 Å². The molecule has 0 unspecified atom stereocenters. The van der Waals surface area contributed by atoms with Crippen LogP contribution in [0.3, 0.4) is 0 Å². The zero-order valence-corrected chi connectivity index (χ0v) is 7.43. The van der Waals surface area contributed by atoms with Crippen LogP contribution in [-0.4, -0.2) is 19.0 Å². The maximum Gasteiger partial charge on any atom is 0.132 e. The summed E-state index contributed by atoms with van der Waals surface area (Å²) in [5.41, 5.74) is 0. The van der Waals surface area contributed by atoms with Crippen LogP contribution in [-0.2, 0) is 0 Å². The van der Waals surface area contributed by atoms with Gasteiger partial charge in [0, 0.05) is 4.88 Å². The fourth-order valence-corrected chi connectivity index (χ4v) is 1.74. The number of hydrogen-bond acceptors (Lipinski definition) is 3. The van der Waals surface area contributed by atoms with Crippen molar-refractivity contribution in [2.24, 2.45) is 0 Å². The van der Waals surface area contributed by atoms with Crippen LogP contribution in [0.25, 0.3) is 0 Å². The van der Waals surface area contributed by atoms with Crippen molar-refractivity contribution < 1.29 is 0 Å². The van der Waals surface area contributed by atoms with Crippen molar-refractivity contribution in [2.45, 2.75) is 6.04 Å². The fourth-order valence-electron chi connectivity index (χ4n) is 0.880. The molecule has 0 spiro atoms. The van der Waals surface area contributed by atoms with Crippen molar-refractivity contribution in [3.8, 4) is 6.07 Å². The first-order valence-electron chi connectivity index (χ1n) is 3.35. The molecule has 0 fully saturated rings. The van der Waals surface area contributed by atoms with Gasteiger partial charge in [-0.2, -0.15) is 5.26 Å². The second-order valence-corrected chi connectivity index (χ2v) is 3.49. The highest BCUT2D eigenvalue weighted by molar-refractivity contribution is 7.10. The van der Waals surface area contributed by atoms with Gasteiger partial charge < -0.3 is 0 Å². The van der Waals surface area contributed by atoms with Gasteiger partial charge in [0.25, 0.3) is 0 Å². The first kappa shape index (κ1) is 8.25. The fraction of sp³-hybridized carbons (Fsp3) is 0.375. The molecule has 0 amide bonds. The van der Waals surface area contributed by atoms with Crippen LogP contribution in [0.4, 0.5) is 0 Å². The van der Waals surface area contributed by atoms with Gasteiger partial charge in [0.15, 0.2) is 0 Å². The number of nitrogens with zero attached hydrogens (tertiary/aromatic N) is 2. The summed E-state index contributed by atoms with van der Waals surface area (Å²) in [6, 6.07) is 6.10. The summed E-state index contributed by atoms with van der Waals surface area (Å²) in [6.07, 6.45) is 0. The molecule has 0 N–H and O–H groups in total. The minimum Gasteiger partial charge on any atom is -0.290 e. The summed E-state index contributed by atoms with van der Waals surface area (Å²) < 4.78 is 0. The van der Waals surface area contributed by atoms with E-state index in [4.69, 9.17) is 5.26 Å². The average molecular weight is 166 g/mol. The molecule has 11 heavy (non-hydrogen) atoms. The lowest BCUT2D eigenvalue weighted by molar-refractivity contribution is 0.362. The Bertz CT molecular complexity index is 246. The van der Waals surface area contributed by atoms with Crippen molar-refractivity contribution in [2.75, 3.05) is 14.1 Å². The van der Waals surface area contributed by atoms with E-state index in [2.05, 4.69) is 6.07 Å². The Hall–Kier alpha value is -0.850. The Balaban J connectivity index is 2.82. The Morgan fingerprint density at radius 2 is 2.36 bits per heavy atom. The smallest absolute Gasteiger partial charge is 0.132 e. The van der Waals surface area contributed by atoms with E-state index >= 15 is 0 Å². The predicted molar refractivity (Wildman–Crippen MR) is 46.4 cm³/mol. The molecule has 58 valence electrons. The molecule has 1 aromatic heterocycles. The minimum atomic E-state index is -0.0880. The Labute approximate surface area is 70.7 Å². The van der Waals surface area contributed by atoms with E-state index in [0.29, 0.717) is 0 Å². The first-order valence-corrected chi connectivity index (χ1v) is 4.23. The lowest BCUT2D eigenvalue weighted by Gasteiger charge is -2.14. The lowest BCUT2D eigenvalue weighted by atomic mass is 10.2. The van der Waals surface area contributed by atoms with Crippen LogP contribution in [0, 0.1) is 11.3 Å². The van der Waals surface area contributed by atoms with E-state index in [1.54, 1.807) is 11.3 Å². The number of nitriles is 1. The number of thiophene rings is 1. The largest absolute Gasteiger partial charge is 0.290 e. The maximum atomic E-state index is 8.78. The van der Waals surface area contributed by atoms with Crippen LogP contribution < -0.4 is 0 Å². The quantitative estimate of drug-likeness (QED) is 0.670. The summed E-state index contributed by atoms with van der Waals surface area (Å²) in [4.78, 5) is 3.02. The summed E-state index contributed by atoms with van der Waals surface area (Å²) in [6.45, 7) is 0. The van der Waals surface area contributed by atoms with Crippen LogP contribution in [0.15, 0.2) is 17.5 Å². The number of rotatable bonds is 2. The molecule has 0 aliphatic rings. The molecule has 0 aromatic carbocycles. The van der Waals surface area contributed by atoms with Gasteiger partial charge in [0.05, 0.1) is 6.07 Å². The Morgan fingerprint density at radius 1 is 1.64 bits per heavy atom. The summed E-state index contributed by atoms with van der Waals surface area (Å²) >= 11 is 1.62. The van der Waals surface area contributed by atoms with E-state index in [9.17, 15) is 0 Å². The van der Waals surface area contributed by atoms with Crippen LogP contribution in [0.1, 0.15) is 10.9 Å². The highest BCUT2D eigenvalue weighted by Gasteiger charge is 2.12. The molecule has 0 saturated carbocycles. The van der Waals surface area contributed by atoms with Crippen LogP contribution >= 0.6 is 11.3 Å². The summed E-state index contributed by atoms with van der Waals surface area (Å²) in [5.74, 6) is 0. The highest BCUT2D eigenvalue weighted by atomic mass is 32.1. The molecule has 3 heteroatoms. The van der Waals surface area contributed by atoms with Gasteiger partial charge in [-0.15, -0.1) is 11.3 Å². The SMILES string of the molecule is CN(C)[C@@H](C#N)c1cccs1. The zero-order valence-electron chi connectivity index (χ0n) is 6.61. The molecule has 0 radical (unpaired) electrons.